The molecule has 0 bridgehead atoms. The minimum absolute atomic E-state index is 0.141. The van der Waals surface area contributed by atoms with Gasteiger partial charge in [0.2, 0.25) is 0 Å². The van der Waals surface area contributed by atoms with Gasteiger partial charge in [-0.2, -0.15) is 0 Å². The van der Waals surface area contributed by atoms with E-state index in [1.807, 2.05) is 24.3 Å². The van der Waals surface area contributed by atoms with Crippen molar-refractivity contribution in [2.45, 2.75) is 38.1 Å². The van der Waals surface area contributed by atoms with Crippen LogP contribution in [0.5, 0.6) is 0 Å². The van der Waals surface area contributed by atoms with Crippen LogP contribution >= 0.6 is 0 Å². The molecular formula is C15H21NO2. The highest BCUT2D eigenvalue weighted by Crippen LogP contribution is 2.26. The number of esters is 1. The van der Waals surface area contributed by atoms with Crippen LogP contribution in [0, 0.1) is 6.92 Å². The summed E-state index contributed by atoms with van der Waals surface area (Å²) >= 11 is 0. The summed E-state index contributed by atoms with van der Waals surface area (Å²) in [4.78, 5) is 12.0. The lowest BCUT2D eigenvalue weighted by molar-refractivity contribution is -0.143. The lowest BCUT2D eigenvalue weighted by Gasteiger charge is -2.30. The second kappa shape index (κ2) is 6.01. The summed E-state index contributed by atoms with van der Waals surface area (Å²) in [6.07, 6.45) is 3.41. The number of piperidine rings is 1. The molecule has 1 saturated heterocycles. The largest absolute Gasteiger partial charge is 0.469 e. The summed E-state index contributed by atoms with van der Waals surface area (Å²) in [7, 11) is 1.46. The normalized spacial score (nSPS) is 21.3. The average molecular weight is 247 g/mol. The number of nitrogens with one attached hydrogen (secondary N) is 1. The number of aryl methyl sites for hydroxylation is 1. The Morgan fingerprint density at radius 2 is 2.06 bits per heavy atom. The van der Waals surface area contributed by atoms with Gasteiger partial charge >= 0.3 is 5.97 Å². The third-order valence-corrected chi connectivity index (χ3v) is 3.64. The van der Waals surface area contributed by atoms with Crippen molar-refractivity contribution < 1.29 is 9.53 Å². The van der Waals surface area contributed by atoms with Crippen LogP contribution in [0.25, 0.3) is 0 Å². The van der Waals surface area contributed by atoms with E-state index in [4.69, 9.17) is 4.74 Å². The minimum atomic E-state index is -0.184. The molecule has 3 nitrogen and oxygen atoms in total. The molecule has 0 spiro atoms. The van der Waals surface area contributed by atoms with E-state index in [0.29, 0.717) is 0 Å². The first-order valence-electron chi connectivity index (χ1n) is 6.60. The molecule has 3 heteroatoms. The van der Waals surface area contributed by atoms with Crippen molar-refractivity contribution in [3.63, 3.8) is 0 Å². The number of hydrogen-bond donors (Lipinski definition) is 1. The van der Waals surface area contributed by atoms with Crippen LogP contribution in [0.2, 0.25) is 0 Å². The van der Waals surface area contributed by atoms with Crippen molar-refractivity contribution >= 4 is 5.97 Å². The molecule has 1 heterocycles. The number of ether oxygens (including phenoxy) is 1. The van der Waals surface area contributed by atoms with Crippen molar-refractivity contribution in [1.29, 1.82) is 0 Å². The quantitative estimate of drug-likeness (QED) is 0.833. The van der Waals surface area contributed by atoms with Crippen molar-refractivity contribution in [1.82, 2.24) is 5.32 Å². The van der Waals surface area contributed by atoms with Crippen molar-refractivity contribution in [3.8, 4) is 0 Å². The first kappa shape index (κ1) is 13.1. The zero-order valence-corrected chi connectivity index (χ0v) is 11.1. The van der Waals surface area contributed by atoms with Gasteiger partial charge in [-0.05, 0) is 31.9 Å². The highest BCUT2D eigenvalue weighted by Gasteiger charge is 2.31. The Kier molecular flexibility index (Phi) is 4.37. The van der Waals surface area contributed by atoms with Crippen LogP contribution in [0.1, 0.15) is 36.3 Å². The topological polar surface area (TPSA) is 38.3 Å². The van der Waals surface area contributed by atoms with Crippen LogP contribution in [0.15, 0.2) is 24.3 Å². The molecular weight excluding hydrogens is 226 g/mol. The maximum Gasteiger partial charge on any atom is 0.314 e. The van der Waals surface area contributed by atoms with Crippen molar-refractivity contribution in [2.75, 3.05) is 13.7 Å². The summed E-state index contributed by atoms with van der Waals surface area (Å²) < 4.78 is 4.97. The smallest absolute Gasteiger partial charge is 0.314 e. The first-order chi connectivity index (χ1) is 8.72. The van der Waals surface area contributed by atoms with E-state index >= 15 is 0 Å². The van der Waals surface area contributed by atoms with Crippen LogP contribution < -0.4 is 5.32 Å². The van der Waals surface area contributed by atoms with Gasteiger partial charge in [0.05, 0.1) is 13.0 Å². The number of carbonyl (C=O) groups excluding carboxylic acids is 1. The van der Waals surface area contributed by atoms with Crippen molar-refractivity contribution in [3.05, 3.63) is 35.4 Å². The zero-order valence-electron chi connectivity index (χ0n) is 11.1. The van der Waals surface area contributed by atoms with E-state index < -0.39 is 0 Å². The monoisotopic (exact) mass is 247 g/mol. The van der Waals surface area contributed by atoms with E-state index in [2.05, 4.69) is 12.2 Å². The molecule has 1 aromatic rings. The maximum atomic E-state index is 12.0. The fourth-order valence-electron chi connectivity index (χ4n) is 2.60. The van der Waals surface area contributed by atoms with Crippen LogP contribution in [-0.2, 0) is 9.53 Å². The van der Waals surface area contributed by atoms with Gasteiger partial charge in [-0.3, -0.25) is 4.79 Å². The van der Waals surface area contributed by atoms with E-state index in [1.54, 1.807) is 0 Å². The lowest BCUT2D eigenvalue weighted by atomic mass is 9.86. The molecule has 0 saturated carbocycles. The molecule has 2 rings (SSSR count). The first-order valence-corrected chi connectivity index (χ1v) is 6.60. The van der Waals surface area contributed by atoms with E-state index in [0.717, 1.165) is 18.5 Å². The number of benzene rings is 1. The van der Waals surface area contributed by atoms with E-state index in [9.17, 15) is 4.79 Å². The van der Waals surface area contributed by atoms with Crippen LogP contribution in [0.3, 0.4) is 0 Å². The summed E-state index contributed by atoms with van der Waals surface area (Å²) in [6, 6.07) is 8.37. The Hall–Kier alpha value is -1.35. The molecule has 1 N–H and O–H groups in total. The van der Waals surface area contributed by atoms with Gasteiger partial charge in [0.15, 0.2) is 0 Å². The van der Waals surface area contributed by atoms with Gasteiger partial charge in [-0.1, -0.05) is 36.2 Å². The molecule has 0 aliphatic carbocycles. The minimum Gasteiger partial charge on any atom is -0.469 e. The molecule has 1 aromatic carbocycles. The second-order valence-electron chi connectivity index (χ2n) is 4.97. The Balaban J connectivity index is 2.23. The van der Waals surface area contributed by atoms with E-state index in [-0.39, 0.29) is 17.9 Å². The molecule has 1 aliphatic rings. The third kappa shape index (κ3) is 2.91. The van der Waals surface area contributed by atoms with Gasteiger partial charge in [0, 0.05) is 6.04 Å². The molecule has 98 valence electrons. The fraction of sp³-hybridized carbons (Fsp3) is 0.533. The zero-order chi connectivity index (χ0) is 13.0. The Bertz CT molecular complexity index is 393. The summed E-state index contributed by atoms with van der Waals surface area (Å²) in [6.45, 7) is 3.04. The predicted octanol–water partition coefficient (Wildman–Crippen LogP) is 2.39. The SMILES string of the molecule is COC(=O)[C@H](c1ccc(C)cc1)[C@H]1CCCCN1. The highest BCUT2D eigenvalue weighted by atomic mass is 16.5. The van der Waals surface area contributed by atoms with Gasteiger partial charge < -0.3 is 10.1 Å². The molecule has 0 amide bonds. The number of carbonyl (C=O) groups is 1. The van der Waals surface area contributed by atoms with E-state index in [1.165, 1.54) is 25.5 Å². The third-order valence-electron chi connectivity index (χ3n) is 3.64. The predicted molar refractivity (Wildman–Crippen MR) is 71.6 cm³/mol. The number of methoxy groups -OCH3 is 1. The summed E-state index contributed by atoms with van der Waals surface area (Å²) in [5.74, 6) is -0.325. The molecule has 1 aliphatic heterocycles. The molecule has 0 aromatic heterocycles. The number of rotatable bonds is 3. The molecule has 1 fully saturated rings. The summed E-state index contributed by atoms with van der Waals surface area (Å²) in [5.41, 5.74) is 2.26. The van der Waals surface area contributed by atoms with Crippen molar-refractivity contribution in [2.24, 2.45) is 0 Å². The maximum absolute atomic E-state index is 12.0. The van der Waals surface area contributed by atoms with Gasteiger partial charge in [-0.25, -0.2) is 0 Å². The fourth-order valence-corrected chi connectivity index (χ4v) is 2.60. The van der Waals surface area contributed by atoms with Gasteiger partial charge in [-0.15, -0.1) is 0 Å². The lowest BCUT2D eigenvalue weighted by Crippen LogP contribution is -2.42. The standard InChI is InChI=1S/C15H21NO2/c1-11-6-8-12(9-7-11)14(15(17)18-2)13-5-3-4-10-16-13/h6-9,13-14,16H,3-5,10H2,1-2H3/t13-,14-/m1/s1. The molecule has 0 unspecified atom stereocenters. The Morgan fingerprint density at radius 3 is 2.61 bits per heavy atom. The van der Waals surface area contributed by atoms with Crippen LogP contribution in [0.4, 0.5) is 0 Å². The van der Waals surface area contributed by atoms with Gasteiger partial charge in [0.1, 0.15) is 0 Å². The average Bonchev–Trinajstić information content (AvgIpc) is 2.42. The number of hydrogen-bond acceptors (Lipinski definition) is 3. The Morgan fingerprint density at radius 1 is 1.33 bits per heavy atom. The molecule has 0 radical (unpaired) electrons. The molecule has 2 atom stereocenters. The molecule has 18 heavy (non-hydrogen) atoms. The second-order valence-corrected chi connectivity index (χ2v) is 4.97. The Labute approximate surface area is 109 Å². The van der Waals surface area contributed by atoms with Gasteiger partial charge in [0.25, 0.3) is 0 Å². The summed E-state index contributed by atoms with van der Waals surface area (Å²) in [5, 5.41) is 3.45. The van der Waals surface area contributed by atoms with Crippen LogP contribution in [-0.4, -0.2) is 25.7 Å². The highest BCUT2D eigenvalue weighted by molar-refractivity contribution is 5.79.